The number of rotatable bonds is 9. The predicted octanol–water partition coefficient (Wildman–Crippen LogP) is 8.23. The molecule has 0 N–H and O–H groups in total. The first kappa shape index (κ1) is 21.9. The summed E-state index contributed by atoms with van der Waals surface area (Å²) in [6.07, 6.45) is 13.1. The molecule has 0 spiro atoms. The molecule has 1 atom stereocenters. The molecule has 1 saturated carbocycles. The summed E-state index contributed by atoms with van der Waals surface area (Å²) in [5.41, 5.74) is 5.67. The molecule has 3 rings (SSSR count). The molecule has 1 nitrogen and oxygen atoms in total. The van der Waals surface area contributed by atoms with Gasteiger partial charge in [0.1, 0.15) is 0 Å². The third kappa shape index (κ3) is 5.44. The van der Waals surface area contributed by atoms with Gasteiger partial charge in [0.25, 0.3) is 0 Å². The molecule has 0 aliphatic heterocycles. The summed E-state index contributed by atoms with van der Waals surface area (Å²) in [6, 6.07) is 18.0. The zero-order valence-electron chi connectivity index (χ0n) is 18.1. The molecule has 0 heterocycles. The van der Waals surface area contributed by atoms with Crippen LogP contribution in [0.25, 0.3) is 0 Å². The van der Waals surface area contributed by atoms with Crippen molar-refractivity contribution in [3.63, 3.8) is 0 Å². The normalized spacial score (nSPS) is 16.8. The maximum Gasteiger partial charge on any atom is 0.0739 e. The van der Waals surface area contributed by atoms with E-state index in [0.717, 1.165) is 24.4 Å². The van der Waals surface area contributed by atoms with Gasteiger partial charge in [0.15, 0.2) is 0 Å². The Balaban J connectivity index is 1.71. The minimum absolute atomic E-state index is 0.416. The van der Waals surface area contributed by atoms with E-state index >= 15 is 0 Å². The van der Waals surface area contributed by atoms with E-state index in [1.54, 1.807) is 5.56 Å². The summed E-state index contributed by atoms with van der Waals surface area (Å²) in [4.78, 5) is 4.03. The van der Waals surface area contributed by atoms with E-state index in [1.807, 2.05) is 12.1 Å². The third-order valence-electron chi connectivity index (χ3n) is 7.00. The lowest BCUT2D eigenvalue weighted by molar-refractivity contribution is 0.173. The number of isothiocyanates is 1. The monoisotopic (exact) mass is 405 g/mol. The second-order valence-corrected chi connectivity index (χ2v) is 8.86. The second kappa shape index (κ2) is 10.9. The Morgan fingerprint density at radius 1 is 0.897 bits per heavy atom. The van der Waals surface area contributed by atoms with E-state index in [1.165, 1.54) is 62.5 Å². The number of aryl methyl sites for hydroxylation is 2. The van der Waals surface area contributed by atoms with Gasteiger partial charge in [-0.2, -0.15) is 4.99 Å². The van der Waals surface area contributed by atoms with Gasteiger partial charge in [-0.25, -0.2) is 0 Å². The Labute approximate surface area is 182 Å². The van der Waals surface area contributed by atoms with Crippen molar-refractivity contribution in [2.45, 2.75) is 83.5 Å². The van der Waals surface area contributed by atoms with Gasteiger partial charge >= 0.3 is 0 Å². The van der Waals surface area contributed by atoms with Gasteiger partial charge in [-0.3, -0.25) is 0 Å². The standard InChI is InChI=1S/C27H35NS/c1-3-8-24(4-2)27(19-6-5-7-20-27)25-15-11-22(12-16-25)9-10-23-13-17-26(18-14-23)28-21-29/h11-18,24H,3-10,19-20H2,1-2H3. The lowest BCUT2D eigenvalue weighted by Gasteiger charge is -2.44. The molecule has 2 heteroatoms. The third-order valence-corrected chi connectivity index (χ3v) is 7.09. The number of benzene rings is 2. The smallest absolute Gasteiger partial charge is 0.0739 e. The molecule has 29 heavy (non-hydrogen) atoms. The molecule has 1 unspecified atom stereocenters. The van der Waals surface area contributed by atoms with Crippen LogP contribution in [0.15, 0.2) is 53.5 Å². The van der Waals surface area contributed by atoms with Crippen LogP contribution in [0.1, 0.15) is 81.9 Å². The quantitative estimate of drug-likeness (QED) is 0.302. The van der Waals surface area contributed by atoms with Crippen LogP contribution in [0.4, 0.5) is 5.69 Å². The summed E-state index contributed by atoms with van der Waals surface area (Å²) in [5.74, 6) is 0.826. The van der Waals surface area contributed by atoms with Crippen LogP contribution in [0.5, 0.6) is 0 Å². The number of aliphatic imine (C=N–C) groups is 1. The Morgan fingerprint density at radius 3 is 2.00 bits per heavy atom. The average molecular weight is 406 g/mol. The molecule has 0 saturated heterocycles. The highest BCUT2D eigenvalue weighted by Crippen LogP contribution is 2.48. The van der Waals surface area contributed by atoms with Gasteiger partial charge in [0.05, 0.1) is 10.8 Å². The van der Waals surface area contributed by atoms with Crippen LogP contribution in [0.2, 0.25) is 0 Å². The van der Waals surface area contributed by atoms with Crippen molar-refractivity contribution >= 4 is 23.1 Å². The maximum absolute atomic E-state index is 4.67. The molecule has 0 amide bonds. The van der Waals surface area contributed by atoms with Crippen LogP contribution in [-0.2, 0) is 18.3 Å². The van der Waals surface area contributed by atoms with Crippen molar-refractivity contribution in [3.05, 3.63) is 65.2 Å². The van der Waals surface area contributed by atoms with Crippen LogP contribution in [0.3, 0.4) is 0 Å². The zero-order valence-corrected chi connectivity index (χ0v) is 18.9. The van der Waals surface area contributed by atoms with Gasteiger partial charge in [-0.05, 0) is 84.5 Å². The fourth-order valence-corrected chi connectivity index (χ4v) is 5.52. The molecular weight excluding hydrogens is 370 g/mol. The molecule has 0 aromatic heterocycles. The molecule has 2 aromatic rings. The van der Waals surface area contributed by atoms with Gasteiger partial charge in [-0.15, -0.1) is 0 Å². The summed E-state index contributed by atoms with van der Waals surface area (Å²) in [5, 5.41) is 2.42. The molecule has 154 valence electrons. The molecule has 1 fully saturated rings. The van der Waals surface area contributed by atoms with Crippen LogP contribution < -0.4 is 0 Å². The van der Waals surface area contributed by atoms with Crippen molar-refractivity contribution in [1.29, 1.82) is 0 Å². The number of hydrogen-bond donors (Lipinski definition) is 0. The Morgan fingerprint density at radius 2 is 1.48 bits per heavy atom. The van der Waals surface area contributed by atoms with Gasteiger partial charge in [0, 0.05) is 0 Å². The highest BCUT2D eigenvalue weighted by atomic mass is 32.1. The summed E-state index contributed by atoms with van der Waals surface area (Å²) in [7, 11) is 0. The molecular formula is C27H35NS. The van der Waals surface area contributed by atoms with Crippen LogP contribution in [0, 0.1) is 5.92 Å². The average Bonchev–Trinajstić information content (AvgIpc) is 2.78. The summed E-state index contributed by atoms with van der Waals surface area (Å²) < 4.78 is 0. The lowest BCUT2D eigenvalue weighted by atomic mass is 9.60. The van der Waals surface area contributed by atoms with E-state index in [9.17, 15) is 0 Å². The van der Waals surface area contributed by atoms with E-state index in [0.29, 0.717) is 5.41 Å². The fraction of sp³-hybridized carbons (Fsp3) is 0.519. The van der Waals surface area contributed by atoms with Crippen molar-refractivity contribution in [1.82, 2.24) is 0 Å². The predicted molar refractivity (Wildman–Crippen MR) is 128 cm³/mol. The Bertz CT molecular complexity index is 793. The maximum atomic E-state index is 4.67. The summed E-state index contributed by atoms with van der Waals surface area (Å²) >= 11 is 4.67. The molecule has 0 bridgehead atoms. The van der Waals surface area contributed by atoms with E-state index < -0.39 is 0 Å². The van der Waals surface area contributed by atoms with E-state index in [-0.39, 0.29) is 0 Å². The first-order valence-corrected chi connectivity index (χ1v) is 11.9. The summed E-state index contributed by atoms with van der Waals surface area (Å²) in [6.45, 7) is 4.74. The van der Waals surface area contributed by atoms with Crippen molar-refractivity contribution < 1.29 is 0 Å². The highest BCUT2D eigenvalue weighted by Gasteiger charge is 2.39. The number of nitrogens with zero attached hydrogens (tertiary/aromatic N) is 1. The van der Waals surface area contributed by atoms with Crippen LogP contribution >= 0.6 is 12.2 Å². The molecule has 1 aliphatic carbocycles. The SMILES string of the molecule is CCCC(CC)C1(c2ccc(CCc3ccc(N=C=S)cc3)cc2)CCCCC1. The van der Waals surface area contributed by atoms with Gasteiger partial charge in [0.2, 0.25) is 0 Å². The Kier molecular flexibility index (Phi) is 8.21. The highest BCUT2D eigenvalue weighted by molar-refractivity contribution is 7.78. The zero-order chi connectivity index (χ0) is 20.5. The van der Waals surface area contributed by atoms with Crippen molar-refractivity contribution in [3.8, 4) is 0 Å². The minimum atomic E-state index is 0.416. The largest absolute Gasteiger partial charge is 0.195 e. The van der Waals surface area contributed by atoms with Gasteiger partial charge in [-0.1, -0.05) is 82.3 Å². The van der Waals surface area contributed by atoms with Crippen LogP contribution in [-0.4, -0.2) is 5.16 Å². The first-order chi connectivity index (χ1) is 14.2. The number of thiocarbonyl (C=S) groups is 1. The van der Waals surface area contributed by atoms with Crippen molar-refractivity contribution in [2.24, 2.45) is 10.9 Å². The van der Waals surface area contributed by atoms with Gasteiger partial charge < -0.3 is 0 Å². The molecule has 2 aromatic carbocycles. The molecule has 0 radical (unpaired) electrons. The fourth-order valence-electron chi connectivity index (χ4n) is 5.42. The minimum Gasteiger partial charge on any atom is -0.195 e. The second-order valence-electron chi connectivity index (χ2n) is 8.68. The number of hydrogen-bond acceptors (Lipinski definition) is 2. The van der Waals surface area contributed by atoms with E-state index in [4.69, 9.17) is 0 Å². The topological polar surface area (TPSA) is 12.4 Å². The Hall–Kier alpha value is -1.76. The first-order valence-electron chi connectivity index (χ1n) is 11.5. The lowest BCUT2D eigenvalue weighted by Crippen LogP contribution is -2.37. The molecule has 1 aliphatic rings. The van der Waals surface area contributed by atoms with E-state index in [2.05, 4.69) is 72.6 Å². The van der Waals surface area contributed by atoms with Crippen molar-refractivity contribution in [2.75, 3.05) is 0 Å².